The van der Waals surface area contributed by atoms with Crippen LogP contribution in [0.4, 0.5) is 0 Å². The van der Waals surface area contributed by atoms with E-state index in [1.165, 1.54) is 0 Å². The number of aliphatic hydroxyl groups is 7. The summed E-state index contributed by atoms with van der Waals surface area (Å²) in [4.78, 5) is 0. The molecular formula is C24H40O12. The summed E-state index contributed by atoms with van der Waals surface area (Å²) in [5.41, 5.74) is -3.36. The van der Waals surface area contributed by atoms with Crippen LogP contribution in [0.1, 0.15) is 40.5 Å². The number of aliphatic hydroxyl groups excluding tert-OH is 6. The van der Waals surface area contributed by atoms with Crippen LogP contribution in [0.3, 0.4) is 0 Å². The highest BCUT2D eigenvalue weighted by molar-refractivity contribution is 5.32. The lowest BCUT2D eigenvalue weighted by Crippen LogP contribution is -2.61. The monoisotopic (exact) mass is 520 g/mol. The zero-order valence-electron chi connectivity index (χ0n) is 21.1. The predicted octanol–water partition coefficient (Wildman–Crippen LogP) is -2.08. The van der Waals surface area contributed by atoms with E-state index in [2.05, 4.69) is 0 Å². The van der Waals surface area contributed by atoms with E-state index < -0.39 is 91.9 Å². The highest BCUT2D eigenvalue weighted by atomic mass is 16.8. The van der Waals surface area contributed by atoms with Gasteiger partial charge in [-0.2, -0.15) is 0 Å². The molecule has 4 rings (SSSR count). The Hall–Kier alpha value is -0.740. The van der Waals surface area contributed by atoms with Gasteiger partial charge in [-0.1, -0.05) is 26.0 Å². The van der Waals surface area contributed by atoms with Gasteiger partial charge in [0.05, 0.1) is 32.0 Å². The standard InChI is InChI=1S/C24H40O12/c1-12(5-6-24-21(2,3)7-13(27)8-22(24,4)36-24)33-19-17(16(29)15(28)14(9-25)34-19)35-20-18(30)23(31,10-26)11-32-20/h5-6,12-20,25-31H,7-11H2,1-4H3/b6-5+/t12-,13+,14-,15-,16+,17-,18+,19-,20+,22-,23-,24+/m1/s1. The number of epoxide rings is 1. The minimum Gasteiger partial charge on any atom is -0.394 e. The number of ether oxygens (including phenoxy) is 5. The third-order valence-electron chi connectivity index (χ3n) is 8.15. The van der Waals surface area contributed by atoms with Crippen molar-refractivity contribution in [2.45, 2.75) is 113 Å². The Balaban J connectivity index is 1.48. The molecule has 12 heteroatoms. The first kappa shape index (κ1) is 28.3. The van der Waals surface area contributed by atoms with Gasteiger partial charge in [-0.25, -0.2) is 0 Å². The van der Waals surface area contributed by atoms with Crippen molar-refractivity contribution in [1.82, 2.24) is 0 Å². The van der Waals surface area contributed by atoms with Crippen LogP contribution in [0.25, 0.3) is 0 Å². The van der Waals surface area contributed by atoms with Crippen molar-refractivity contribution in [3.05, 3.63) is 12.2 Å². The molecule has 0 aromatic rings. The van der Waals surface area contributed by atoms with Crippen LogP contribution in [0.15, 0.2) is 12.2 Å². The third-order valence-corrected chi connectivity index (χ3v) is 8.15. The Kier molecular flexibility index (Phi) is 7.68. The molecule has 3 aliphatic heterocycles. The molecule has 12 atom stereocenters. The molecule has 0 spiro atoms. The van der Waals surface area contributed by atoms with E-state index in [9.17, 15) is 35.7 Å². The fourth-order valence-electron chi connectivity index (χ4n) is 5.98. The van der Waals surface area contributed by atoms with Crippen molar-refractivity contribution in [2.75, 3.05) is 19.8 Å². The minimum atomic E-state index is -1.94. The van der Waals surface area contributed by atoms with Crippen LogP contribution in [0.5, 0.6) is 0 Å². The molecule has 4 fully saturated rings. The van der Waals surface area contributed by atoms with Crippen LogP contribution >= 0.6 is 0 Å². The van der Waals surface area contributed by atoms with Crippen LogP contribution in [-0.2, 0) is 23.7 Å². The van der Waals surface area contributed by atoms with Crippen LogP contribution in [-0.4, -0.2) is 128 Å². The van der Waals surface area contributed by atoms with Crippen LogP contribution < -0.4 is 0 Å². The van der Waals surface area contributed by atoms with Gasteiger partial charge >= 0.3 is 0 Å². The normalized spacial score (nSPS) is 51.3. The van der Waals surface area contributed by atoms with E-state index in [0.717, 1.165) is 0 Å². The summed E-state index contributed by atoms with van der Waals surface area (Å²) in [7, 11) is 0. The molecule has 0 amide bonds. The molecular weight excluding hydrogens is 480 g/mol. The fraction of sp³-hybridized carbons (Fsp3) is 0.917. The van der Waals surface area contributed by atoms with Crippen molar-refractivity contribution in [3.63, 3.8) is 0 Å². The highest BCUT2D eigenvalue weighted by Gasteiger charge is 2.74. The first-order valence-corrected chi connectivity index (χ1v) is 12.4. The molecule has 0 aromatic carbocycles. The number of hydrogen-bond acceptors (Lipinski definition) is 12. The number of fused-ring (bicyclic) bond motifs is 1. The van der Waals surface area contributed by atoms with E-state index in [1.54, 1.807) is 13.0 Å². The predicted molar refractivity (Wildman–Crippen MR) is 121 cm³/mol. The second-order valence-electron chi connectivity index (χ2n) is 11.4. The molecule has 0 unspecified atom stereocenters. The van der Waals surface area contributed by atoms with Gasteiger partial charge < -0.3 is 59.4 Å². The molecule has 1 saturated carbocycles. The maximum atomic E-state index is 10.7. The largest absolute Gasteiger partial charge is 0.394 e. The van der Waals surface area contributed by atoms with Crippen molar-refractivity contribution >= 4 is 0 Å². The Morgan fingerprint density at radius 3 is 2.31 bits per heavy atom. The van der Waals surface area contributed by atoms with Crippen molar-refractivity contribution in [3.8, 4) is 0 Å². The molecule has 7 N–H and O–H groups in total. The molecule has 0 bridgehead atoms. The van der Waals surface area contributed by atoms with Crippen molar-refractivity contribution < 1.29 is 59.4 Å². The molecule has 3 heterocycles. The van der Waals surface area contributed by atoms with Gasteiger partial charge in [0.1, 0.15) is 47.3 Å². The average molecular weight is 521 g/mol. The van der Waals surface area contributed by atoms with E-state index in [0.29, 0.717) is 12.8 Å². The molecule has 4 aliphatic rings. The van der Waals surface area contributed by atoms with E-state index in [1.807, 2.05) is 26.8 Å². The fourth-order valence-corrected chi connectivity index (χ4v) is 5.98. The van der Waals surface area contributed by atoms with Gasteiger partial charge in [0.25, 0.3) is 0 Å². The molecule has 0 radical (unpaired) electrons. The quantitative estimate of drug-likeness (QED) is 0.137. The van der Waals surface area contributed by atoms with Crippen molar-refractivity contribution in [1.29, 1.82) is 0 Å². The SMILES string of the molecule is C[C@H](/C=C/[C@@]12O[C@]1(C)C[C@@H](O)CC2(C)C)O[C@@H]1O[C@H](CO)[C@@H](O)[C@H](O)[C@H]1O[C@@H]1OC[C@](O)(CO)[C@H]1O. The second kappa shape index (κ2) is 9.78. The van der Waals surface area contributed by atoms with E-state index in [4.69, 9.17) is 23.7 Å². The summed E-state index contributed by atoms with van der Waals surface area (Å²) in [6.45, 7) is 6.00. The van der Waals surface area contributed by atoms with Gasteiger partial charge in [-0.3, -0.25) is 0 Å². The van der Waals surface area contributed by atoms with Crippen LogP contribution in [0, 0.1) is 5.41 Å². The first-order chi connectivity index (χ1) is 16.7. The van der Waals surface area contributed by atoms with E-state index >= 15 is 0 Å². The molecule has 0 aromatic heterocycles. The summed E-state index contributed by atoms with van der Waals surface area (Å²) in [6, 6.07) is 0. The Morgan fingerprint density at radius 1 is 1.03 bits per heavy atom. The van der Waals surface area contributed by atoms with Gasteiger partial charge in [0.2, 0.25) is 0 Å². The minimum absolute atomic E-state index is 0.329. The molecule has 12 nitrogen and oxygen atoms in total. The summed E-state index contributed by atoms with van der Waals surface area (Å²) in [5, 5.41) is 70.8. The summed E-state index contributed by atoms with van der Waals surface area (Å²) < 4.78 is 28.7. The first-order valence-electron chi connectivity index (χ1n) is 12.4. The van der Waals surface area contributed by atoms with Gasteiger partial charge in [0.15, 0.2) is 12.6 Å². The van der Waals surface area contributed by atoms with Crippen molar-refractivity contribution in [2.24, 2.45) is 5.41 Å². The lowest BCUT2D eigenvalue weighted by atomic mass is 9.63. The smallest absolute Gasteiger partial charge is 0.187 e. The molecule has 36 heavy (non-hydrogen) atoms. The lowest BCUT2D eigenvalue weighted by molar-refractivity contribution is -0.339. The Morgan fingerprint density at radius 2 is 1.72 bits per heavy atom. The number of hydrogen-bond donors (Lipinski definition) is 7. The van der Waals surface area contributed by atoms with Gasteiger partial charge in [-0.05, 0) is 20.3 Å². The third kappa shape index (κ3) is 4.65. The molecule has 1 aliphatic carbocycles. The number of rotatable bonds is 8. The van der Waals surface area contributed by atoms with Crippen LogP contribution in [0.2, 0.25) is 0 Å². The Labute approximate surface area is 210 Å². The summed E-state index contributed by atoms with van der Waals surface area (Å²) in [6.07, 6.45) is -6.22. The maximum absolute atomic E-state index is 10.7. The molecule has 208 valence electrons. The second-order valence-corrected chi connectivity index (χ2v) is 11.4. The maximum Gasteiger partial charge on any atom is 0.187 e. The zero-order valence-corrected chi connectivity index (χ0v) is 21.1. The summed E-state index contributed by atoms with van der Waals surface area (Å²) >= 11 is 0. The van der Waals surface area contributed by atoms with E-state index in [-0.39, 0.29) is 5.41 Å². The topological polar surface area (TPSA) is 191 Å². The highest BCUT2D eigenvalue weighted by Crippen LogP contribution is 2.66. The van der Waals surface area contributed by atoms with Gasteiger partial charge in [0, 0.05) is 11.8 Å². The van der Waals surface area contributed by atoms with Gasteiger partial charge in [-0.15, -0.1) is 0 Å². The average Bonchev–Trinajstić information content (AvgIpc) is 3.33. The summed E-state index contributed by atoms with van der Waals surface area (Å²) in [5.74, 6) is 0. The Bertz CT molecular complexity index is 823. The lowest BCUT2D eigenvalue weighted by Gasteiger charge is -2.43. The zero-order chi connectivity index (χ0) is 26.7. The molecule has 3 saturated heterocycles.